The zero-order valence-electron chi connectivity index (χ0n) is 13.4. The molecule has 0 spiro atoms. The summed E-state index contributed by atoms with van der Waals surface area (Å²) in [4.78, 5) is 4.30. The van der Waals surface area contributed by atoms with Gasteiger partial charge < -0.3 is 8.84 Å². The van der Waals surface area contributed by atoms with Crippen LogP contribution in [-0.2, 0) is 0 Å². The van der Waals surface area contributed by atoms with E-state index in [1.54, 1.807) is 13.3 Å². The Morgan fingerprint density at radius 2 is 1.58 bits per heavy atom. The largest absolute Gasteiger partial charge is 0.497 e. The highest BCUT2D eigenvalue weighted by atomic mass is 28.4. The van der Waals surface area contributed by atoms with E-state index in [-0.39, 0.29) is 0 Å². The van der Waals surface area contributed by atoms with Gasteiger partial charge in [0.15, 0.2) is 0 Å². The van der Waals surface area contributed by atoms with Crippen molar-refractivity contribution in [2.24, 2.45) is 0 Å². The van der Waals surface area contributed by atoms with E-state index in [1.807, 2.05) is 54.5 Å². The van der Waals surface area contributed by atoms with Crippen LogP contribution in [0.2, 0.25) is 10.1 Å². The van der Waals surface area contributed by atoms with Crippen molar-refractivity contribution >= 4 is 13.6 Å². The monoisotopic (exact) mass is 283 g/mol. The molecule has 0 aliphatic heterocycles. The van der Waals surface area contributed by atoms with E-state index < -0.39 is 18.5 Å². The minimum atomic E-state index is -3.30. The van der Waals surface area contributed by atoms with Crippen LogP contribution in [0.3, 0.4) is 0 Å². The Bertz CT molecular complexity index is 446. The van der Waals surface area contributed by atoms with E-state index in [0.717, 1.165) is 5.69 Å². The van der Waals surface area contributed by atoms with Crippen LogP contribution in [-0.4, -0.2) is 20.5 Å². The van der Waals surface area contributed by atoms with Gasteiger partial charge in [0.1, 0.15) is 5.75 Å². The first kappa shape index (κ1) is 16.2. The summed E-state index contributed by atoms with van der Waals surface area (Å²) in [6, 6.07) is 1.83. The summed E-state index contributed by atoms with van der Waals surface area (Å²) in [5, 5.41) is -0.175. The maximum absolute atomic E-state index is 16.1. The quantitative estimate of drug-likeness (QED) is 0.601. The fourth-order valence-corrected chi connectivity index (χ4v) is 7.52. The summed E-state index contributed by atoms with van der Waals surface area (Å²) >= 11 is 0. The van der Waals surface area contributed by atoms with E-state index in [2.05, 4.69) is 4.98 Å². The molecular formula is C15H26FNOSi. The summed E-state index contributed by atoms with van der Waals surface area (Å²) in [5.74, 6) is 0.631. The molecule has 0 amide bonds. The molecule has 0 saturated heterocycles. The molecule has 0 unspecified atom stereocenters. The minimum Gasteiger partial charge on any atom is -0.497 e. The van der Waals surface area contributed by atoms with Crippen molar-refractivity contribution in [2.45, 2.75) is 58.5 Å². The molecule has 0 bridgehead atoms. The molecule has 0 radical (unpaired) electrons. The van der Waals surface area contributed by atoms with Crippen LogP contribution >= 0.6 is 0 Å². The second-order valence-corrected chi connectivity index (χ2v) is 12.0. The van der Waals surface area contributed by atoms with Crippen LogP contribution < -0.4 is 9.92 Å². The number of hydrogen-bond acceptors (Lipinski definition) is 2. The zero-order chi connectivity index (χ0) is 15.1. The third-order valence-electron chi connectivity index (χ3n) is 3.66. The molecule has 1 aromatic rings. The van der Waals surface area contributed by atoms with Crippen molar-refractivity contribution < 1.29 is 8.84 Å². The molecule has 0 fully saturated rings. The number of nitrogens with zero attached hydrogens (tertiary/aromatic N) is 1. The highest BCUT2D eigenvalue weighted by Gasteiger charge is 2.58. The van der Waals surface area contributed by atoms with Crippen molar-refractivity contribution in [1.29, 1.82) is 0 Å². The number of hydrogen-bond donors (Lipinski definition) is 0. The van der Waals surface area contributed by atoms with Gasteiger partial charge in [-0.2, -0.15) is 0 Å². The highest BCUT2D eigenvalue weighted by Crippen LogP contribution is 2.52. The van der Waals surface area contributed by atoms with E-state index in [1.165, 1.54) is 0 Å². The van der Waals surface area contributed by atoms with Gasteiger partial charge in [-0.3, -0.25) is 4.98 Å². The van der Waals surface area contributed by atoms with Crippen LogP contribution in [0.5, 0.6) is 5.75 Å². The average molecular weight is 283 g/mol. The lowest BCUT2D eigenvalue weighted by Crippen LogP contribution is -2.58. The first-order valence-corrected chi connectivity index (χ1v) is 8.53. The number of halogens is 1. The first-order valence-electron chi connectivity index (χ1n) is 6.65. The maximum Gasteiger partial charge on any atom is 0.293 e. The van der Waals surface area contributed by atoms with E-state index in [9.17, 15) is 0 Å². The molecule has 4 heteroatoms. The molecule has 19 heavy (non-hydrogen) atoms. The van der Waals surface area contributed by atoms with E-state index in [0.29, 0.717) is 10.9 Å². The minimum absolute atomic E-state index is 0.421. The summed E-state index contributed by atoms with van der Waals surface area (Å²) in [5.41, 5.74) is 0.847. The number of aromatic nitrogens is 1. The normalized spacial score (nSPS) is 13.5. The van der Waals surface area contributed by atoms with Crippen molar-refractivity contribution in [3.05, 3.63) is 18.0 Å². The SMILES string of the molecule is COc1cc(C)ncc1[Si](F)(C(C)(C)C)C(C)(C)C. The molecule has 0 N–H and O–H groups in total. The second kappa shape index (κ2) is 4.89. The maximum atomic E-state index is 16.1. The fraction of sp³-hybridized carbons (Fsp3) is 0.667. The second-order valence-electron chi connectivity index (χ2n) is 7.18. The van der Waals surface area contributed by atoms with Gasteiger partial charge >= 0.3 is 0 Å². The van der Waals surface area contributed by atoms with Crippen LogP contribution in [0.4, 0.5) is 4.11 Å². The van der Waals surface area contributed by atoms with E-state index >= 15 is 4.11 Å². The Balaban J connectivity index is 3.61. The van der Waals surface area contributed by atoms with Crippen LogP contribution in [0.15, 0.2) is 12.3 Å². The third kappa shape index (κ3) is 2.68. The lowest BCUT2D eigenvalue weighted by atomic mass is 10.2. The van der Waals surface area contributed by atoms with Gasteiger partial charge in [0.2, 0.25) is 0 Å². The molecule has 0 aromatic carbocycles. The van der Waals surface area contributed by atoms with Gasteiger partial charge in [0.25, 0.3) is 8.41 Å². The molecule has 0 saturated carbocycles. The van der Waals surface area contributed by atoms with Crippen LogP contribution in [0.25, 0.3) is 0 Å². The van der Waals surface area contributed by atoms with Gasteiger partial charge in [0.05, 0.1) is 7.11 Å². The summed E-state index contributed by atoms with van der Waals surface area (Å²) in [6.07, 6.45) is 1.68. The number of ether oxygens (including phenoxy) is 1. The third-order valence-corrected chi connectivity index (χ3v) is 8.91. The van der Waals surface area contributed by atoms with E-state index in [4.69, 9.17) is 4.74 Å². The smallest absolute Gasteiger partial charge is 0.293 e. The molecule has 0 atom stereocenters. The summed E-state index contributed by atoms with van der Waals surface area (Å²) < 4.78 is 21.6. The average Bonchev–Trinajstić information content (AvgIpc) is 2.24. The Hall–Kier alpha value is -0.903. The standard InChI is InChI=1S/C15H26FNOSi/c1-11-9-12(18-8)13(10-17-11)19(16,14(2,3)4)15(5,6)7/h9-10H,1-8H3. The zero-order valence-corrected chi connectivity index (χ0v) is 14.4. The van der Waals surface area contributed by atoms with Crippen molar-refractivity contribution in [3.8, 4) is 5.75 Å². The topological polar surface area (TPSA) is 22.1 Å². The van der Waals surface area contributed by atoms with Crippen molar-refractivity contribution in [2.75, 3.05) is 7.11 Å². The molecule has 108 valence electrons. The van der Waals surface area contributed by atoms with Gasteiger partial charge in [-0.15, -0.1) is 0 Å². The molecule has 0 aliphatic carbocycles. The number of rotatable bonds is 2. The van der Waals surface area contributed by atoms with Gasteiger partial charge in [-0.05, 0) is 17.0 Å². The molecular weight excluding hydrogens is 257 g/mol. The lowest BCUT2D eigenvalue weighted by Gasteiger charge is -2.45. The van der Waals surface area contributed by atoms with Crippen LogP contribution in [0.1, 0.15) is 47.2 Å². The summed E-state index contributed by atoms with van der Waals surface area (Å²) in [7, 11) is -1.71. The van der Waals surface area contributed by atoms with Gasteiger partial charge in [0, 0.05) is 23.1 Å². The van der Waals surface area contributed by atoms with Gasteiger partial charge in [-0.25, -0.2) is 0 Å². The van der Waals surface area contributed by atoms with Crippen molar-refractivity contribution in [1.82, 2.24) is 4.98 Å². The Morgan fingerprint density at radius 1 is 1.11 bits per heavy atom. The molecule has 1 rings (SSSR count). The highest BCUT2D eigenvalue weighted by molar-refractivity contribution is 6.91. The molecule has 1 heterocycles. The predicted molar refractivity (Wildman–Crippen MR) is 81.5 cm³/mol. The Morgan fingerprint density at radius 3 is 1.95 bits per heavy atom. The van der Waals surface area contributed by atoms with Gasteiger partial charge in [-0.1, -0.05) is 41.5 Å². The molecule has 0 aliphatic rings. The first-order chi connectivity index (χ1) is 8.45. The molecule has 2 nitrogen and oxygen atoms in total. The van der Waals surface area contributed by atoms with Crippen LogP contribution in [0, 0.1) is 6.92 Å². The predicted octanol–water partition coefficient (Wildman–Crippen LogP) is 4.12. The lowest BCUT2D eigenvalue weighted by molar-refractivity contribution is 0.414. The van der Waals surface area contributed by atoms with Crippen molar-refractivity contribution in [3.63, 3.8) is 0 Å². The number of methoxy groups -OCH3 is 1. The fourth-order valence-electron chi connectivity index (χ4n) is 2.90. The number of pyridine rings is 1. The molecule has 1 aromatic heterocycles. The summed E-state index contributed by atoms with van der Waals surface area (Å²) in [6.45, 7) is 13.7. The Labute approximate surface area is 117 Å². The number of aryl methyl sites for hydroxylation is 1. The Kier molecular flexibility index (Phi) is 4.16.